The first-order chi connectivity index (χ1) is 18.5. The predicted octanol–water partition coefficient (Wildman–Crippen LogP) is 12.1. The number of unbranched alkanes of at least 4 members (excludes halogenated alkanes) is 4. The molecular weight excluding hydrogens is 456 g/mol. The third-order valence-electron chi connectivity index (χ3n) is 11.0. The second kappa shape index (κ2) is 14.2. The normalized spacial score (nSPS) is 22.3. The van der Waals surface area contributed by atoms with Crippen LogP contribution in [-0.2, 0) is 6.42 Å². The SMILES string of the molecule is CCCCCc1ccc(-c2ccc(C(C)[C@H]3CC[C@H](C4(CCCCC)CCCCC4)CC3)c(C)c2)cc1C. The van der Waals surface area contributed by atoms with Gasteiger partial charge in [0, 0.05) is 0 Å². The first-order valence-corrected chi connectivity index (χ1v) is 16.7. The molecule has 0 radical (unpaired) electrons. The molecule has 0 spiro atoms. The zero-order valence-electron chi connectivity index (χ0n) is 25.7. The Balaban J connectivity index is 1.38. The molecule has 2 aromatic rings. The number of hydrogen-bond donors (Lipinski definition) is 0. The third-order valence-corrected chi connectivity index (χ3v) is 11.0. The summed E-state index contributed by atoms with van der Waals surface area (Å²) in [6.07, 6.45) is 24.4. The highest BCUT2D eigenvalue weighted by Gasteiger charge is 2.41. The molecule has 0 heteroatoms. The first kappa shape index (κ1) is 29.4. The van der Waals surface area contributed by atoms with E-state index in [-0.39, 0.29) is 0 Å². The van der Waals surface area contributed by atoms with E-state index in [4.69, 9.17) is 0 Å². The Morgan fingerprint density at radius 3 is 2.00 bits per heavy atom. The van der Waals surface area contributed by atoms with Crippen LogP contribution in [0.15, 0.2) is 36.4 Å². The van der Waals surface area contributed by atoms with Crippen molar-refractivity contribution < 1.29 is 0 Å². The molecule has 0 nitrogen and oxygen atoms in total. The molecule has 0 amide bonds. The summed E-state index contributed by atoms with van der Waals surface area (Å²) in [5.41, 5.74) is 9.53. The van der Waals surface area contributed by atoms with Crippen LogP contribution in [-0.4, -0.2) is 0 Å². The van der Waals surface area contributed by atoms with E-state index >= 15 is 0 Å². The minimum Gasteiger partial charge on any atom is -0.0654 e. The Kier molecular flexibility index (Phi) is 11.0. The van der Waals surface area contributed by atoms with Crippen LogP contribution in [0.4, 0.5) is 0 Å². The highest BCUT2D eigenvalue weighted by atomic mass is 14.5. The molecule has 0 N–H and O–H groups in total. The summed E-state index contributed by atoms with van der Waals surface area (Å²) in [5.74, 6) is 2.53. The summed E-state index contributed by atoms with van der Waals surface area (Å²) in [6.45, 7) is 11.8. The van der Waals surface area contributed by atoms with Gasteiger partial charge in [-0.15, -0.1) is 0 Å². The molecule has 2 aromatic carbocycles. The van der Waals surface area contributed by atoms with Gasteiger partial charge in [-0.25, -0.2) is 0 Å². The maximum absolute atomic E-state index is 2.53. The molecule has 0 saturated heterocycles. The molecule has 0 aromatic heterocycles. The standard InChI is InChI=1S/C38H58/c1-6-8-11-15-32-16-17-34(27-29(32)3)35-20-23-37(30(4)28-35)31(5)33-18-21-36(22-19-33)38(24-12-9-7-2)25-13-10-14-26-38/h16-17,20,23,27-28,31,33,36H,6-15,18-19,21-22,24-26H2,1-5H3/t31?,33-,36-. The largest absolute Gasteiger partial charge is 0.0654 e. The number of benzene rings is 2. The van der Waals surface area contributed by atoms with Gasteiger partial charge < -0.3 is 0 Å². The second-order valence-corrected chi connectivity index (χ2v) is 13.5. The monoisotopic (exact) mass is 514 g/mol. The molecule has 38 heavy (non-hydrogen) atoms. The minimum atomic E-state index is 0.676. The minimum absolute atomic E-state index is 0.676. The summed E-state index contributed by atoms with van der Waals surface area (Å²) >= 11 is 0. The van der Waals surface area contributed by atoms with Crippen LogP contribution in [0, 0.1) is 31.1 Å². The topological polar surface area (TPSA) is 0 Å². The number of rotatable bonds is 12. The highest BCUT2D eigenvalue weighted by Crippen LogP contribution is 2.53. The van der Waals surface area contributed by atoms with Crippen molar-refractivity contribution in [2.24, 2.45) is 17.3 Å². The van der Waals surface area contributed by atoms with Gasteiger partial charge in [0.05, 0.1) is 0 Å². The summed E-state index contributed by atoms with van der Waals surface area (Å²) in [7, 11) is 0. The van der Waals surface area contributed by atoms with Gasteiger partial charge in [0.2, 0.25) is 0 Å². The number of hydrogen-bond acceptors (Lipinski definition) is 0. The van der Waals surface area contributed by atoms with Gasteiger partial charge in [0.25, 0.3) is 0 Å². The van der Waals surface area contributed by atoms with E-state index in [1.807, 2.05) is 0 Å². The van der Waals surface area contributed by atoms with Gasteiger partial charge >= 0.3 is 0 Å². The smallest absolute Gasteiger partial charge is 0.0159 e. The van der Waals surface area contributed by atoms with Gasteiger partial charge in [-0.05, 0) is 128 Å². The van der Waals surface area contributed by atoms with Crippen LogP contribution in [0.2, 0.25) is 0 Å². The molecule has 2 saturated carbocycles. The lowest BCUT2D eigenvalue weighted by molar-refractivity contribution is 0.0409. The molecule has 2 fully saturated rings. The van der Waals surface area contributed by atoms with Crippen molar-refractivity contribution in [3.63, 3.8) is 0 Å². The summed E-state index contributed by atoms with van der Waals surface area (Å²) in [5, 5.41) is 0. The summed E-state index contributed by atoms with van der Waals surface area (Å²) < 4.78 is 0. The Labute approximate surface area is 236 Å². The maximum Gasteiger partial charge on any atom is -0.0159 e. The lowest BCUT2D eigenvalue weighted by atomic mass is 9.58. The third kappa shape index (κ3) is 7.14. The van der Waals surface area contributed by atoms with Crippen molar-refractivity contribution in [1.29, 1.82) is 0 Å². The van der Waals surface area contributed by atoms with Gasteiger partial charge in [0.15, 0.2) is 0 Å². The molecule has 1 atom stereocenters. The van der Waals surface area contributed by atoms with Crippen LogP contribution in [0.3, 0.4) is 0 Å². The Morgan fingerprint density at radius 2 is 1.37 bits per heavy atom. The average Bonchev–Trinajstić information content (AvgIpc) is 2.94. The van der Waals surface area contributed by atoms with E-state index < -0.39 is 0 Å². The molecule has 210 valence electrons. The van der Waals surface area contributed by atoms with Crippen LogP contribution in [0.1, 0.15) is 152 Å². The average molecular weight is 515 g/mol. The van der Waals surface area contributed by atoms with Gasteiger partial charge in [0.1, 0.15) is 0 Å². The van der Waals surface area contributed by atoms with Crippen molar-refractivity contribution in [3.05, 3.63) is 58.7 Å². The zero-order chi connectivity index (χ0) is 27.0. The fraction of sp³-hybridized carbons (Fsp3) is 0.684. The van der Waals surface area contributed by atoms with E-state index in [1.165, 1.54) is 137 Å². The maximum atomic E-state index is 2.53. The Hall–Kier alpha value is -1.56. The molecule has 4 rings (SSSR count). The van der Waals surface area contributed by atoms with Crippen LogP contribution < -0.4 is 0 Å². The van der Waals surface area contributed by atoms with Crippen molar-refractivity contribution in [3.8, 4) is 11.1 Å². The highest BCUT2D eigenvalue weighted by molar-refractivity contribution is 5.66. The Bertz CT molecular complexity index is 983. The molecule has 2 aliphatic rings. The fourth-order valence-corrected chi connectivity index (χ4v) is 8.42. The van der Waals surface area contributed by atoms with E-state index in [9.17, 15) is 0 Å². The van der Waals surface area contributed by atoms with Crippen LogP contribution >= 0.6 is 0 Å². The van der Waals surface area contributed by atoms with Crippen molar-refractivity contribution >= 4 is 0 Å². The zero-order valence-corrected chi connectivity index (χ0v) is 25.7. The Morgan fingerprint density at radius 1 is 0.737 bits per heavy atom. The van der Waals surface area contributed by atoms with E-state index in [1.54, 1.807) is 5.56 Å². The summed E-state index contributed by atoms with van der Waals surface area (Å²) in [6, 6.07) is 14.5. The second-order valence-electron chi connectivity index (χ2n) is 13.5. The number of aryl methyl sites for hydroxylation is 3. The molecule has 0 bridgehead atoms. The van der Waals surface area contributed by atoms with Crippen molar-refractivity contribution in [2.45, 2.75) is 150 Å². The first-order valence-electron chi connectivity index (χ1n) is 16.7. The molecule has 0 aliphatic heterocycles. The summed E-state index contributed by atoms with van der Waals surface area (Å²) in [4.78, 5) is 0. The lowest BCUT2D eigenvalue weighted by Crippen LogP contribution is -2.36. The van der Waals surface area contributed by atoms with Gasteiger partial charge in [-0.1, -0.05) is 109 Å². The van der Waals surface area contributed by atoms with Gasteiger partial charge in [-0.2, -0.15) is 0 Å². The molecule has 0 heterocycles. The van der Waals surface area contributed by atoms with Crippen molar-refractivity contribution in [2.75, 3.05) is 0 Å². The lowest BCUT2D eigenvalue weighted by Gasteiger charge is -2.47. The predicted molar refractivity (Wildman–Crippen MR) is 168 cm³/mol. The fourth-order valence-electron chi connectivity index (χ4n) is 8.42. The molecular formula is C38H58. The van der Waals surface area contributed by atoms with E-state index in [0.29, 0.717) is 11.3 Å². The van der Waals surface area contributed by atoms with E-state index in [0.717, 1.165) is 11.8 Å². The van der Waals surface area contributed by atoms with Crippen molar-refractivity contribution in [1.82, 2.24) is 0 Å². The van der Waals surface area contributed by atoms with Gasteiger partial charge in [-0.3, -0.25) is 0 Å². The molecule has 1 unspecified atom stereocenters. The molecule has 2 aliphatic carbocycles. The van der Waals surface area contributed by atoms with Crippen LogP contribution in [0.25, 0.3) is 11.1 Å². The van der Waals surface area contributed by atoms with Crippen LogP contribution in [0.5, 0.6) is 0 Å². The quantitative estimate of drug-likeness (QED) is 0.247. The van der Waals surface area contributed by atoms with E-state index in [2.05, 4.69) is 71.0 Å².